The molecule has 0 radical (unpaired) electrons. The summed E-state index contributed by atoms with van der Waals surface area (Å²) >= 11 is 0. The summed E-state index contributed by atoms with van der Waals surface area (Å²) in [5.41, 5.74) is 4.02. The molecule has 1 saturated heterocycles. The van der Waals surface area contributed by atoms with Crippen molar-refractivity contribution in [3.8, 4) is 5.88 Å². The van der Waals surface area contributed by atoms with Crippen LogP contribution in [0.5, 0.6) is 5.88 Å². The summed E-state index contributed by atoms with van der Waals surface area (Å²) in [5.74, 6) is 1.33. The van der Waals surface area contributed by atoms with Crippen molar-refractivity contribution in [2.45, 2.75) is 24.3 Å². The molecule has 0 spiro atoms. The zero-order valence-electron chi connectivity index (χ0n) is 20.6. The van der Waals surface area contributed by atoms with Gasteiger partial charge in [0, 0.05) is 57.2 Å². The summed E-state index contributed by atoms with van der Waals surface area (Å²) in [6.07, 6.45) is 12.6. The number of ether oxygens (including phenoxy) is 2. The largest absolute Gasteiger partial charge is 0.438 e. The van der Waals surface area contributed by atoms with E-state index in [2.05, 4.69) is 22.0 Å². The van der Waals surface area contributed by atoms with E-state index in [4.69, 9.17) is 9.47 Å². The molecule has 2 aromatic rings. The molecule has 2 aliphatic heterocycles. The normalized spacial score (nSPS) is 21.7. The number of benzene rings is 1. The predicted molar refractivity (Wildman–Crippen MR) is 140 cm³/mol. The standard InChI is InChI=1S/C28H31N3O4S/c1-21-10-12-23(13-11-21)36(32,33)31-18-16-30(17-19-31)15-5-6-22-20-25-26(34-2)8-3-9-27(25)35-28-24(22)7-4-14-29-28/h3-4,6-14,20,26H,5,15-19H2,1-2H3. The topological polar surface area (TPSA) is 72.0 Å². The lowest BCUT2D eigenvalue weighted by Crippen LogP contribution is -2.48. The molecule has 0 bridgehead atoms. The molecule has 36 heavy (non-hydrogen) atoms. The van der Waals surface area contributed by atoms with Gasteiger partial charge in [0.2, 0.25) is 15.9 Å². The van der Waals surface area contributed by atoms with E-state index in [1.54, 1.807) is 29.7 Å². The molecule has 188 valence electrons. The van der Waals surface area contributed by atoms with Crippen LogP contribution in [0.15, 0.2) is 89.2 Å². The van der Waals surface area contributed by atoms with Crippen molar-refractivity contribution in [2.24, 2.45) is 0 Å². The second kappa shape index (κ2) is 10.5. The number of hydrogen-bond donors (Lipinski definition) is 0. The van der Waals surface area contributed by atoms with Gasteiger partial charge in [0.15, 0.2) is 0 Å². The molecule has 1 atom stereocenters. The van der Waals surface area contributed by atoms with Gasteiger partial charge in [0.25, 0.3) is 0 Å². The van der Waals surface area contributed by atoms with Gasteiger partial charge in [0.1, 0.15) is 11.9 Å². The van der Waals surface area contributed by atoms with Gasteiger partial charge >= 0.3 is 0 Å². The van der Waals surface area contributed by atoms with Crippen LogP contribution in [0.1, 0.15) is 17.5 Å². The van der Waals surface area contributed by atoms with Gasteiger partial charge in [-0.2, -0.15) is 4.31 Å². The Balaban J connectivity index is 1.26. The van der Waals surface area contributed by atoms with Gasteiger partial charge in [-0.05, 0) is 55.3 Å². The molecular weight excluding hydrogens is 474 g/mol. The maximum absolute atomic E-state index is 13.0. The van der Waals surface area contributed by atoms with Crippen molar-refractivity contribution in [2.75, 3.05) is 39.8 Å². The second-order valence-corrected chi connectivity index (χ2v) is 11.1. The van der Waals surface area contributed by atoms with Gasteiger partial charge in [-0.15, -0.1) is 0 Å². The molecule has 7 nitrogen and oxygen atoms in total. The number of aryl methyl sites for hydroxylation is 1. The Morgan fingerprint density at radius 2 is 1.92 bits per heavy atom. The molecule has 0 N–H and O–H groups in total. The second-order valence-electron chi connectivity index (χ2n) is 9.14. The summed E-state index contributed by atoms with van der Waals surface area (Å²) in [4.78, 5) is 7.13. The zero-order chi connectivity index (χ0) is 25.1. The highest BCUT2D eigenvalue weighted by atomic mass is 32.2. The van der Waals surface area contributed by atoms with Crippen molar-refractivity contribution in [1.29, 1.82) is 0 Å². The summed E-state index contributed by atoms with van der Waals surface area (Å²) in [6.45, 7) is 5.20. The smallest absolute Gasteiger partial charge is 0.243 e. The Labute approximate surface area is 213 Å². The molecular formula is C28H31N3O4S. The average molecular weight is 506 g/mol. The number of piperazine rings is 1. The number of pyridine rings is 1. The number of methoxy groups -OCH3 is 1. The number of rotatable bonds is 6. The number of hydrogen-bond acceptors (Lipinski definition) is 6. The number of allylic oxidation sites excluding steroid dienone is 4. The summed E-state index contributed by atoms with van der Waals surface area (Å²) in [7, 11) is -1.76. The fourth-order valence-corrected chi connectivity index (χ4v) is 6.12. The van der Waals surface area contributed by atoms with E-state index in [-0.39, 0.29) is 6.10 Å². The lowest BCUT2D eigenvalue weighted by Gasteiger charge is -2.33. The van der Waals surface area contributed by atoms with E-state index in [0.29, 0.717) is 37.0 Å². The Morgan fingerprint density at radius 1 is 1.14 bits per heavy atom. The fraction of sp³-hybridized carbons (Fsp3) is 0.321. The van der Waals surface area contributed by atoms with Crippen LogP contribution >= 0.6 is 0 Å². The molecule has 1 fully saturated rings. The maximum atomic E-state index is 13.0. The van der Waals surface area contributed by atoms with Crippen LogP contribution in [0.4, 0.5) is 0 Å². The highest BCUT2D eigenvalue weighted by Crippen LogP contribution is 2.36. The first-order chi connectivity index (χ1) is 17.5. The van der Waals surface area contributed by atoms with E-state index in [1.165, 1.54) is 0 Å². The lowest BCUT2D eigenvalue weighted by atomic mass is 9.97. The van der Waals surface area contributed by atoms with Crippen LogP contribution in [0, 0.1) is 6.92 Å². The molecule has 0 saturated carbocycles. The molecule has 1 aromatic carbocycles. The number of fused-ring (bicyclic) bond motifs is 2. The van der Waals surface area contributed by atoms with Crippen molar-refractivity contribution < 1.29 is 17.9 Å². The summed E-state index contributed by atoms with van der Waals surface area (Å²) in [6, 6.07) is 11.0. The third-order valence-electron chi connectivity index (χ3n) is 6.78. The number of aromatic nitrogens is 1. The van der Waals surface area contributed by atoms with Crippen LogP contribution in [0.25, 0.3) is 5.57 Å². The number of nitrogens with zero attached hydrogens (tertiary/aromatic N) is 3. The number of sulfonamides is 1. The van der Waals surface area contributed by atoms with E-state index in [0.717, 1.165) is 41.0 Å². The maximum Gasteiger partial charge on any atom is 0.243 e. The Kier molecular flexibility index (Phi) is 7.20. The fourth-order valence-electron chi connectivity index (χ4n) is 4.70. The van der Waals surface area contributed by atoms with Gasteiger partial charge < -0.3 is 14.4 Å². The van der Waals surface area contributed by atoms with Gasteiger partial charge in [-0.25, -0.2) is 13.4 Å². The van der Waals surface area contributed by atoms with Crippen LogP contribution in [0.3, 0.4) is 0 Å². The third-order valence-corrected chi connectivity index (χ3v) is 8.69. The SMILES string of the molecule is COC1C=CC=C2Oc3ncccc3C(=CCCN3CCN(S(=O)(=O)c4ccc(C)cc4)CC3)C=C21. The molecule has 0 amide bonds. The average Bonchev–Trinajstić information content (AvgIpc) is 3.06. The Bertz CT molecular complexity index is 1340. The Morgan fingerprint density at radius 3 is 2.67 bits per heavy atom. The van der Waals surface area contributed by atoms with Gasteiger partial charge in [-0.1, -0.05) is 35.9 Å². The third kappa shape index (κ3) is 5.08. The minimum absolute atomic E-state index is 0.175. The molecule has 3 heterocycles. The predicted octanol–water partition coefficient (Wildman–Crippen LogP) is 3.96. The van der Waals surface area contributed by atoms with Crippen molar-refractivity contribution in [1.82, 2.24) is 14.2 Å². The molecule has 5 rings (SSSR count). The zero-order valence-corrected chi connectivity index (χ0v) is 21.4. The van der Waals surface area contributed by atoms with E-state index >= 15 is 0 Å². The molecule has 1 unspecified atom stereocenters. The monoisotopic (exact) mass is 505 g/mol. The minimum atomic E-state index is -3.45. The first kappa shape index (κ1) is 24.6. The molecule has 1 aromatic heterocycles. The highest BCUT2D eigenvalue weighted by Gasteiger charge is 2.28. The lowest BCUT2D eigenvalue weighted by molar-refractivity contribution is 0.164. The van der Waals surface area contributed by atoms with E-state index in [1.807, 2.05) is 49.4 Å². The quantitative estimate of drug-likeness (QED) is 0.592. The van der Waals surface area contributed by atoms with Gasteiger partial charge in [0.05, 0.1) is 4.90 Å². The first-order valence-electron chi connectivity index (χ1n) is 12.2. The van der Waals surface area contributed by atoms with Gasteiger partial charge in [-0.3, -0.25) is 0 Å². The van der Waals surface area contributed by atoms with Crippen LogP contribution in [0.2, 0.25) is 0 Å². The van der Waals surface area contributed by atoms with Crippen LogP contribution < -0.4 is 4.74 Å². The van der Waals surface area contributed by atoms with Crippen molar-refractivity contribution in [3.05, 3.63) is 95.4 Å². The van der Waals surface area contributed by atoms with Crippen molar-refractivity contribution in [3.63, 3.8) is 0 Å². The molecule has 1 aliphatic carbocycles. The van der Waals surface area contributed by atoms with E-state index in [9.17, 15) is 8.42 Å². The molecule has 3 aliphatic rings. The summed E-state index contributed by atoms with van der Waals surface area (Å²) in [5, 5.41) is 0. The van der Waals surface area contributed by atoms with Crippen LogP contribution in [-0.2, 0) is 14.8 Å². The highest BCUT2D eigenvalue weighted by molar-refractivity contribution is 7.89. The first-order valence-corrected chi connectivity index (χ1v) is 13.7. The Hall–Kier alpha value is -3.04. The molecule has 8 heteroatoms. The van der Waals surface area contributed by atoms with Crippen molar-refractivity contribution >= 4 is 15.6 Å². The summed E-state index contributed by atoms with van der Waals surface area (Å²) < 4.78 is 39.4. The minimum Gasteiger partial charge on any atom is -0.438 e. The van der Waals surface area contributed by atoms with E-state index < -0.39 is 10.0 Å². The van der Waals surface area contributed by atoms with Crippen LogP contribution in [-0.4, -0.2) is 68.5 Å².